The van der Waals surface area contributed by atoms with Gasteiger partial charge in [-0.15, -0.1) is 0 Å². The number of azide groups is 1. The highest BCUT2D eigenvalue weighted by Gasteiger charge is 2.07. The molecule has 0 bridgehead atoms. The van der Waals surface area contributed by atoms with Crippen molar-refractivity contribution in [2.45, 2.75) is 32.6 Å². The third-order valence-corrected chi connectivity index (χ3v) is 2.22. The number of carbonyl (C=O) groups excluding carboxylic acids is 2. The van der Waals surface area contributed by atoms with Crippen molar-refractivity contribution >= 4 is 11.9 Å². The summed E-state index contributed by atoms with van der Waals surface area (Å²) >= 11 is 0. The van der Waals surface area contributed by atoms with Crippen molar-refractivity contribution in [2.75, 3.05) is 32.9 Å². The van der Waals surface area contributed by atoms with E-state index in [1.54, 1.807) is 0 Å². The molecule has 114 valence electrons. The largest absolute Gasteiger partial charge is 0.463 e. The summed E-state index contributed by atoms with van der Waals surface area (Å²) in [5.41, 5.74) is 8.05. The summed E-state index contributed by atoms with van der Waals surface area (Å²) in [4.78, 5) is 25.2. The molecule has 0 saturated heterocycles. The average Bonchev–Trinajstić information content (AvgIpc) is 2.44. The molecule has 0 aromatic carbocycles. The van der Waals surface area contributed by atoms with E-state index in [0.29, 0.717) is 32.7 Å². The summed E-state index contributed by atoms with van der Waals surface area (Å²) in [6.07, 6.45) is 1.65. The predicted octanol–water partition coefficient (Wildman–Crippen LogP) is 1.55. The maximum atomic E-state index is 11.3. The van der Waals surface area contributed by atoms with Crippen molar-refractivity contribution in [3.05, 3.63) is 10.4 Å². The summed E-state index contributed by atoms with van der Waals surface area (Å²) in [5, 5.41) is 5.97. The van der Waals surface area contributed by atoms with Gasteiger partial charge in [0.25, 0.3) is 0 Å². The zero-order valence-electron chi connectivity index (χ0n) is 11.8. The van der Waals surface area contributed by atoms with Gasteiger partial charge in [0, 0.05) is 31.0 Å². The van der Waals surface area contributed by atoms with E-state index in [9.17, 15) is 9.59 Å². The molecule has 0 spiro atoms. The first-order valence-corrected chi connectivity index (χ1v) is 6.71. The van der Waals surface area contributed by atoms with Crippen molar-refractivity contribution in [3.63, 3.8) is 0 Å². The highest BCUT2D eigenvalue weighted by atomic mass is 16.6. The highest BCUT2D eigenvalue weighted by Crippen LogP contribution is 1.94. The van der Waals surface area contributed by atoms with Gasteiger partial charge in [0.1, 0.15) is 6.61 Å². The van der Waals surface area contributed by atoms with E-state index >= 15 is 0 Å². The molecule has 1 N–H and O–H groups in total. The summed E-state index contributed by atoms with van der Waals surface area (Å²) < 4.78 is 10.1. The number of amides is 1. The van der Waals surface area contributed by atoms with E-state index in [2.05, 4.69) is 15.3 Å². The lowest BCUT2D eigenvalue weighted by Crippen LogP contribution is -2.25. The van der Waals surface area contributed by atoms with Crippen LogP contribution in [0.1, 0.15) is 32.6 Å². The van der Waals surface area contributed by atoms with E-state index in [1.165, 1.54) is 0 Å². The second kappa shape index (κ2) is 13.6. The van der Waals surface area contributed by atoms with Gasteiger partial charge < -0.3 is 14.8 Å². The highest BCUT2D eigenvalue weighted by molar-refractivity contribution is 5.81. The first kappa shape index (κ1) is 18.2. The smallest absolute Gasteiger partial charge is 0.306 e. The lowest BCUT2D eigenvalue weighted by molar-refractivity contribution is -0.146. The molecule has 0 fully saturated rings. The average molecular weight is 286 g/mol. The summed E-state index contributed by atoms with van der Waals surface area (Å²) in [7, 11) is 0. The minimum absolute atomic E-state index is 0.0515. The number of esters is 1. The maximum absolute atomic E-state index is 11.3. The Labute approximate surface area is 118 Å². The molecule has 8 heteroatoms. The summed E-state index contributed by atoms with van der Waals surface area (Å²) in [6, 6.07) is 0. The molecule has 0 atom stereocenters. The molecule has 0 aromatic rings. The molecule has 0 unspecified atom stereocenters. The first-order valence-electron chi connectivity index (χ1n) is 6.71. The fourth-order valence-electron chi connectivity index (χ4n) is 1.26. The van der Waals surface area contributed by atoms with Gasteiger partial charge in [0.15, 0.2) is 0 Å². The van der Waals surface area contributed by atoms with Crippen LogP contribution < -0.4 is 5.32 Å². The van der Waals surface area contributed by atoms with Gasteiger partial charge >= 0.3 is 5.97 Å². The fourth-order valence-corrected chi connectivity index (χ4v) is 1.26. The lowest BCUT2D eigenvalue weighted by Gasteiger charge is -2.06. The van der Waals surface area contributed by atoms with Gasteiger partial charge in [-0.25, -0.2) is 0 Å². The quantitative estimate of drug-likeness (QED) is 0.193. The van der Waals surface area contributed by atoms with Crippen molar-refractivity contribution in [1.82, 2.24) is 5.32 Å². The van der Waals surface area contributed by atoms with Gasteiger partial charge in [0.2, 0.25) is 5.91 Å². The standard InChI is InChI=1S/C12H22N4O4/c1-2-8-19-9-10-20-12(18)5-4-11(17)14-6-3-7-15-16-13/h2-10H2,1H3,(H,14,17). The summed E-state index contributed by atoms with van der Waals surface area (Å²) in [5.74, 6) is -0.626. The molecule has 1 amide bonds. The molecule has 0 radical (unpaired) electrons. The van der Waals surface area contributed by atoms with E-state index in [4.69, 9.17) is 15.0 Å². The lowest BCUT2D eigenvalue weighted by atomic mass is 10.3. The monoisotopic (exact) mass is 286 g/mol. The molecule has 0 heterocycles. The minimum atomic E-state index is -0.408. The number of nitrogens with one attached hydrogen (secondary N) is 1. The van der Waals surface area contributed by atoms with E-state index in [1.807, 2.05) is 6.92 Å². The molecule has 8 nitrogen and oxygen atoms in total. The number of hydrogen-bond acceptors (Lipinski definition) is 5. The first-order chi connectivity index (χ1) is 9.70. The second-order valence-electron chi connectivity index (χ2n) is 3.99. The molecule has 0 aliphatic carbocycles. The van der Waals surface area contributed by atoms with Crippen LogP contribution in [0, 0.1) is 0 Å². The topological polar surface area (TPSA) is 113 Å². The number of hydrogen-bond donors (Lipinski definition) is 1. The maximum Gasteiger partial charge on any atom is 0.306 e. The Morgan fingerprint density at radius 3 is 2.75 bits per heavy atom. The molecule has 20 heavy (non-hydrogen) atoms. The predicted molar refractivity (Wildman–Crippen MR) is 72.9 cm³/mol. The number of ether oxygens (including phenoxy) is 2. The number of rotatable bonds is 12. The van der Waals surface area contributed by atoms with Crippen LogP contribution in [0.3, 0.4) is 0 Å². The Bertz CT molecular complexity index is 329. The van der Waals surface area contributed by atoms with Crippen molar-refractivity contribution in [3.8, 4) is 0 Å². The van der Waals surface area contributed by atoms with Crippen LogP contribution in [0.15, 0.2) is 5.11 Å². The summed E-state index contributed by atoms with van der Waals surface area (Å²) in [6.45, 7) is 4.01. The third-order valence-electron chi connectivity index (χ3n) is 2.22. The Morgan fingerprint density at radius 2 is 2.05 bits per heavy atom. The van der Waals surface area contributed by atoms with Gasteiger partial charge in [-0.1, -0.05) is 12.0 Å². The van der Waals surface area contributed by atoms with Crippen LogP contribution in [0.5, 0.6) is 0 Å². The van der Waals surface area contributed by atoms with Gasteiger partial charge in [-0.2, -0.15) is 0 Å². The molecule has 0 aromatic heterocycles. The van der Waals surface area contributed by atoms with Crippen LogP contribution in [0.25, 0.3) is 10.4 Å². The van der Waals surface area contributed by atoms with Gasteiger partial charge in [-0.3, -0.25) is 9.59 Å². The third kappa shape index (κ3) is 12.7. The molecular formula is C12H22N4O4. The molecular weight excluding hydrogens is 264 g/mol. The Morgan fingerprint density at radius 1 is 1.25 bits per heavy atom. The van der Waals surface area contributed by atoms with Crippen LogP contribution in [-0.4, -0.2) is 44.8 Å². The molecule has 0 saturated carbocycles. The van der Waals surface area contributed by atoms with E-state index < -0.39 is 5.97 Å². The number of nitrogens with zero attached hydrogens (tertiary/aromatic N) is 3. The van der Waals surface area contributed by atoms with Crippen LogP contribution in [0.4, 0.5) is 0 Å². The van der Waals surface area contributed by atoms with Crippen molar-refractivity contribution in [2.24, 2.45) is 5.11 Å². The molecule has 0 rings (SSSR count). The van der Waals surface area contributed by atoms with Crippen molar-refractivity contribution < 1.29 is 19.1 Å². The molecule has 0 aliphatic rings. The zero-order valence-corrected chi connectivity index (χ0v) is 11.8. The van der Waals surface area contributed by atoms with E-state index in [0.717, 1.165) is 6.42 Å². The Kier molecular flexibility index (Phi) is 12.4. The second-order valence-corrected chi connectivity index (χ2v) is 3.99. The van der Waals surface area contributed by atoms with Crippen LogP contribution in [0.2, 0.25) is 0 Å². The van der Waals surface area contributed by atoms with Gasteiger partial charge in [-0.05, 0) is 18.4 Å². The minimum Gasteiger partial charge on any atom is -0.463 e. The van der Waals surface area contributed by atoms with E-state index in [-0.39, 0.29) is 25.4 Å². The normalized spacial score (nSPS) is 9.65. The SMILES string of the molecule is CCCOCCOC(=O)CCC(=O)NCCCN=[N+]=[N-]. The molecule has 0 aliphatic heterocycles. The Hall–Kier alpha value is -1.79. The van der Waals surface area contributed by atoms with Gasteiger partial charge in [0.05, 0.1) is 13.0 Å². The zero-order chi connectivity index (χ0) is 15.1. The van der Waals surface area contributed by atoms with Crippen LogP contribution >= 0.6 is 0 Å². The fraction of sp³-hybridized carbons (Fsp3) is 0.833. The number of carbonyl (C=O) groups is 2. The van der Waals surface area contributed by atoms with Crippen LogP contribution in [-0.2, 0) is 19.1 Å². The van der Waals surface area contributed by atoms with Crippen molar-refractivity contribution in [1.29, 1.82) is 0 Å². The Balaban J connectivity index is 3.43.